The van der Waals surface area contributed by atoms with Crippen molar-refractivity contribution in [3.8, 4) is 0 Å². The lowest BCUT2D eigenvalue weighted by Gasteiger charge is -2.20. The Morgan fingerprint density at radius 2 is 1.74 bits per heavy atom. The van der Waals surface area contributed by atoms with E-state index in [-0.39, 0.29) is 5.41 Å². The molecule has 1 aliphatic carbocycles. The zero-order chi connectivity index (χ0) is 14.1. The maximum atomic E-state index is 4.66. The van der Waals surface area contributed by atoms with E-state index in [0.29, 0.717) is 5.41 Å². The highest BCUT2D eigenvalue weighted by Gasteiger charge is 2.36. The molecule has 2 N–H and O–H groups in total. The maximum absolute atomic E-state index is 4.66. The van der Waals surface area contributed by atoms with Crippen molar-refractivity contribution in [2.75, 3.05) is 23.7 Å². The van der Waals surface area contributed by atoms with Crippen molar-refractivity contribution in [2.24, 2.45) is 5.41 Å². The lowest BCUT2D eigenvalue weighted by molar-refractivity contribution is 0.545. The van der Waals surface area contributed by atoms with Crippen LogP contribution in [0, 0.1) is 5.41 Å². The zero-order valence-electron chi connectivity index (χ0n) is 12.8. The molecule has 0 atom stereocenters. The summed E-state index contributed by atoms with van der Waals surface area (Å²) in [5, 5.41) is 6.75. The van der Waals surface area contributed by atoms with Crippen LogP contribution < -0.4 is 10.6 Å². The van der Waals surface area contributed by atoms with Crippen LogP contribution in [-0.2, 0) is 5.41 Å². The lowest BCUT2D eigenvalue weighted by atomic mass is 9.96. The normalized spacial score (nSPS) is 17.1. The Labute approximate surface area is 116 Å². The van der Waals surface area contributed by atoms with E-state index in [2.05, 4.69) is 55.2 Å². The molecule has 1 aromatic rings. The van der Waals surface area contributed by atoms with Gasteiger partial charge in [0.1, 0.15) is 17.5 Å². The van der Waals surface area contributed by atoms with Crippen LogP contribution in [0.4, 0.5) is 11.6 Å². The summed E-state index contributed by atoms with van der Waals surface area (Å²) < 4.78 is 0. The summed E-state index contributed by atoms with van der Waals surface area (Å²) in [4.78, 5) is 9.25. The molecule has 1 heterocycles. The Bertz CT molecular complexity index is 444. The number of nitrogens with zero attached hydrogens (tertiary/aromatic N) is 2. The minimum Gasteiger partial charge on any atom is -0.370 e. The van der Waals surface area contributed by atoms with Gasteiger partial charge in [-0.1, -0.05) is 27.7 Å². The first-order valence-electron chi connectivity index (χ1n) is 7.20. The van der Waals surface area contributed by atoms with E-state index in [9.17, 15) is 0 Å². The van der Waals surface area contributed by atoms with E-state index in [1.807, 2.05) is 6.07 Å². The average molecular weight is 262 g/mol. The molecule has 0 radical (unpaired) electrons. The molecule has 2 rings (SSSR count). The number of rotatable bonds is 5. The standard InChI is InChI=1S/C15H26N4/c1-6-16-11-9-12(17-10-15(5)7-8-15)19-13(18-11)14(2,3)4/h9H,6-8,10H2,1-5H3,(H2,16,17,18,19). The lowest BCUT2D eigenvalue weighted by Crippen LogP contribution is -2.20. The second kappa shape index (κ2) is 4.99. The van der Waals surface area contributed by atoms with Gasteiger partial charge < -0.3 is 10.6 Å². The Morgan fingerprint density at radius 3 is 2.21 bits per heavy atom. The van der Waals surface area contributed by atoms with Gasteiger partial charge >= 0.3 is 0 Å². The van der Waals surface area contributed by atoms with Gasteiger partial charge in [-0.3, -0.25) is 0 Å². The van der Waals surface area contributed by atoms with Crippen LogP contribution in [0.5, 0.6) is 0 Å². The zero-order valence-corrected chi connectivity index (χ0v) is 12.8. The van der Waals surface area contributed by atoms with E-state index in [0.717, 1.165) is 30.5 Å². The molecule has 4 nitrogen and oxygen atoms in total. The molecular formula is C15H26N4. The summed E-state index contributed by atoms with van der Waals surface area (Å²) in [6.07, 6.45) is 2.63. The summed E-state index contributed by atoms with van der Waals surface area (Å²) in [7, 11) is 0. The van der Waals surface area contributed by atoms with E-state index in [4.69, 9.17) is 0 Å². The molecule has 0 unspecified atom stereocenters. The molecular weight excluding hydrogens is 236 g/mol. The third kappa shape index (κ3) is 3.82. The van der Waals surface area contributed by atoms with Crippen molar-refractivity contribution >= 4 is 11.6 Å². The van der Waals surface area contributed by atoms with Gasteiger partial charge in [-0.2, -0.15) is 0 Å². The van der Waals surface area contributed by atoms with Gasteiger partial charge in [0.15, 0.2) is 0 Å². The van der Waals surface area contributed by atoms with Crippen LogP contribution in [0.15, 0.2) is 6.07 Å². The molecule has 0 aliphatic heterocycles. The molecule has 1 aliphatic rings. The fraction of sp³-hybridized carbons (Fsp3) is 0.733. The summed E-state index contributed by atoms with van der Waals surface area (Å²) >= 11 is 0. The minimum atomic E-state index is -0.0364. The van der Waals surface area contributed by atoms with Crippen molar-refractivity contribution in [3.63, 3.8) is 0 Å². The maximum Gasteiger partial charge on any atom is 0.138 e. The van der Waals surface area contributed by atoms with Gasteiger partial charge in [0.2, 0.25) is 0 Å². The molecule has 19 heavy (non-hydrogen) atoms. The first-order chi connectivity index (χ1) is 8.82. The number of aromatic nitrogens is 2. The summed E-state index contributed by atoms with van der Waals surface area (Å²) in [6.45, 7) is 12.7. The molecule has 106 valence electrons. The van der Waals surface area contributed by atoms with Gasteiger partial charge in [-0.05, 0) is 25.2 Å². The molecule has 4 heteroatoms. The van der Waals surface area contributed by atoms with Crippen molar-refractivity contribution in [2.45, 2.75) is 52.9 Å². The van der Waals surface area contributed by atoms with Crippen molar-refractivity contribution < 1.29 is 0 Å². The van der Waals surface area contributed by atoms with Crippen LogP contribution in [0.25, 0.3) is 0 Å². The molecule has 0 saturated heterocycles. The van der Waals surface area contributed by atoms with Gasteiger partial charge in [0, 0.05) is 24.6 Å². The summed E-state index contributed by atoms with van der Waals surface area (Å²) in [6, 6.07) is 2.00. The quantitative estimate of drug-likeness (QED) is 0.853. The number of hydrogen-bond acceptors (Lipinski definition) is 4. The van der Waals surface area contributed by atoms with Crippen LogP contribution in [0.2, 0.25) is 0 Å². The number of anilines is 2. The van der Waals surface area contributed by atoms with Gasteiger partial charge in [0.25, 0.3) is 0 Å². The highest BCUT2D eigenvalue weighted by molar-refractivity contribution is 5.48. The summed E-state index contributed by atoms with van der Waals surface area (Å²) in [5.74, 6) is 2.73. The Hall–Kier alpha value is -1.32. The predicted octanol–water partition coefficient (Wildman–Crippen LogP) is 3.42. The largest absolute Gasteiger partial charge is 0.370 e. The minimum absolute atomic E-state index is 0.0364. The smallest absolute Gasteiger partial charge is 0.138 e. The van der Waals surface area contributed by atoms with E-state index in [1.54, 1.807) is 0 Å². The fourth-order valence-electron chi connectivity index (χ4n) is 1.84. The van der Waals surface area contributed by atoms with Crippen LogP contribution in [0.1, 0.15) is 53.3 Å². The molecule has 1 aromatic heterocycles. The van der Waals surface area contributed by atoms with E-state index >= 15 is 0 Å². The molecule has 1 saturated carbocycles. The molecule has 1 fully saturated rings. The number of nitrogens with one attached hydrogen (secondary N) is 2. The Kier molecular flexibility index (Phi) is 3.70. The highest BCUT2D eigenvalue weighted by Crippen LogP contribution is 2.44. The molecule has 0 amide bonds. The van der Waals surface area contributed by atoms with Crippen molar-refractivity contribution in [1.82, 2.24) is 9.97 Å². The van der Waals surface area contributed by atoms with Crippen LogP contribution in [-0.4, -0.2) is 23.1 Å². The Balaban J connectivity index is 2.18. The second-order valence-electron chi connectivity index (χ2n) is 6.91. The van der Waals surface area contributed by atoms with Gasteiger partial charge in [0.05, 0.1) is 0 Å². The van der Waals surface area contributed by atoms with Crippen molar-refractivity contribution in [3.05, 3.63) is 11.9 Å². The first kappa shape index (κ1) is 14.1. The predicted molar refractivity (Wildman–Crippen MR) is 80.7 cm³/mol. The monoisotopic (exact) mass is 262 g/mol. The van der Waals surface area contributed by atoms with Gasteiger partial charge in [-0.25, -0.2) is 9.97 Å². The summed E-state index contributed by atoms with van der Waals surface area (Å²) in [5.41, 5.74) is 0.441. The molecule has 0 bridgehead atoms. The van der Waals surface area contributed by atoms with E-state index in [1.165, 1.54) is 12.8 Å². The fourth-order valence-corrected chi connectivity index (χ4v) is 1.84. The van der Waals surface area contributed by atoms with E-state index < -0.39 is 0 Å². The Morgan fingerprint density at radius 1 is 1.16 bits per heavy atom. The third-order valence-electron chi connectivity index (χ3n) is 3.55. The first-order valence-corrected chi connectivity index (χ1v) is 7.20. The third-order valence-corrected chi connectivity index (χ3v) is 3.55. The number of hydrogen-bond donors (Lipinski definition) is 2. The topological polar surface area (TPSA) is 49.8 Å². The average Bonchev–Trinajstić information content (AvgIpc) is 3.05. The van der Waals surface area contributed by atoms with Crippen molar-refractivity contribution in [1.29, 1.82) is 0 Å². The molecule has 0 aromatic carbocycles. The van der Waals surface area contributed by atoms with Crippen LogP contribution >= 0.6 is 0 Å². The van der Waals surface area contributed by atoms with Crippen LogP contribution in [0.3, 0.4) is 0 Å². The SMILES string of the molecule is CCNc1cc(NCC2(C)CC2)nc(C(C)(C)C)n1. The van der Waals surface area contributed by atoms with Gasteiger partial charge in [-0.15, -0.1) is 0 Å². The highest BCUT2D eigenvalue weighted by atomic mass is 15.1. The second-order valence-corrected chi connectivity index (χ2v) is 6.91. The molecule has 0 spiro atoms.